The Morgan fingerprint density at radius 1 is 1.09 bits per heavy atom. The summed E-state index contributed by atoms with van der Waals surface area (Å²) in [5.41, 5.74) is 3.13. The Morgan fingerprint density at radius 3 is 2.61 bits per heavy atom. The number of benzene rings is 2. The van der Waals surface area contributed by atoms with Gasteiger partial charge in [-0.15, -0.1) is 0 Å². The maximum atomic E-state index is 5.44. The molecule has 2 aromatic carbocycles. The molecule has 3 aromatic rings. The summed E-state index contributed by atoms with van der Waals surface area (Å²) >= 11 is 0. The normalized spacial score (nSPS) is 11.8. The molecule has 0 amide bonds. The number of rotatable bonds is 6. The molecule has 1 aromatic heterocycles. The van der Waals surface area contributed by atoms with Gasteiger partial charge in [-0.05, 0) is 17.2 Å². The monoisotopic (exact) mass is 310 g/mol. The van der Waals surface area contributed by atoms with Crippen molar-refractivity contribution in [3.63, 3.8) is 0 Å². The van der Waals surface area contributed by atoms with Crippen molar-refractivity contribution in [1.29, 1.82) is 0 Å². The van der Waals surface area contributed by atoms with Gasteiger partial charge in [-0.25, -0.2) is 0 Å². The van der Waals surface area contributed by atoms with Gasteiger partial charge in [0.2, 0.25) is 0 Å². The fourth-order valence-corrected chi connectivity index (χ4v) is 2.75. The van der Waals surface area contributed by atoms with E-state index in [1.54, 1.807) is 7.11 Å². The molecule has 0 aliphatic carbocycles. The van der Waals surface area contributed by atoms with Crippen LogP contribution >= 0.6 is 0 Å². The molecule has 0 radical (unpaired) electrons. The highest BCUT2D eigenvalue weighted by molar-refractivity contribution is 5.91. The van der Waals surface area contributed by atoms with E-state index in [1.165, 1.54) is 5.56 Å². The molecule has 0 atom stereocenters. The average Bonchev–Trinajstić information content (AvgIpc) is 2.98. The van der Waals surface area contributed by atoms with E-state index in [0.717, 1.165) is 28.9 Å². The van der Waals surface area contributed by atoms with E-state index in [0.29, 0.717) is 6.61 Å². The number of hydrogen-bond acceptors (Lipinski definition) is 4. The molecule has 1 heterocycles. The Hall–Kier alpha value is -2.33. The first-order chi connectivity index (χ1) is 11.1. The second-order valence-electron chi connectivity index (χ2n) is 6.36. The van der Waals surface area contributed by atoms with Gasteiger partial charge in [0.25, 0.3) is 0 Å². The first kappa shape index (κ1) is 15.6. The van der Waals surface area contributed by atoms with Gasteiger partial charge in [-0.2, -0.15) is 0 Å². The van der Waals surface area contributed by atoms with Crippen molar-refractivity contribution in [2.24, 2.45) is 0 Å². The fourth-order valence-electron chi connectivity index (χ4n) is 2.75. The molecule has 0 aliphatic heterocycles. The van der Waals surface area contributed by atoms with E-state index in [4.69, 9.17) is 9.26 Å². The quantitative estimate of drug-likeness (QED) is 0.734. The summed E-state index contributed by atoms with van der Waals surface area (Å²) in [6.07, 6.45) is 0. The first-order valence-electron chi connectivity index (χ1n) is 7.77. The lowest BCUT2D eigenvalue weighted by molar-refractivity contribution is 0.186. The van der Waals surface area contributed by atoms with Crippen LogP contribution in [0.3, 0.4) is 0 Å². The summed E-state index contributed by atoms with van der Waals surface area (Å²) in [5, 5.41) is 8.64. The summed E-state index contributed by atoms with van der Waals surface area (Å²) in [5.74, 6) is 0.775. The standard InChI is InChI=1S/C19H22N2O2/c1-19(2,15-9-5-4-6-10-15)13-20-18-17-14(12-22-3)8-7-11-16(17)23-21-18/h4-11H,12-13H2,1-3H3,(H,20,21). The van der Waals surface area contributed by atoms with Crippen molar-refractivity contribution in [2.75, 3.05) is 19.0 Å². The van der Waals surface area contributed by atoms with Crippen molar-refractivity contribution < 1.29 is 9.26 Å². The highest BCUT2D eigenvalue weighted by Crippen LogP contribution is 2.29. The predicted octanol–water partition coefficient (Wildman–Crippen LogP) is 4.36. The van der Waals surface area contributed by atoms with Crippen LogP contribution in [-0.2, 0) is 16.8 Å². The summed E-state index contributed by atoms with van der Waals surface area (Å²) in [6.45, 7) is 5.73. The number of nitrogens with one attached hydrogen (secondary N) is 1. The van der Waals surface area contributed by atoms with Crippen LogP contribution in [0.1, 0.15) is 25.0 Å². The first-order valence-corrected chi connectivity index (χ1v) is 7.77. The van der Waals surface area contributed by atoms with E-state index >= 15 is 0 Å². The molecule has 120 valence electrons. The van der Waals surface area contributed by atoms with Crippen molar-refractivity contribution in [3.8, 4) is 0 Å². The highest BCUT2D eigenvalue weighted by Gasteiger charge is 2.21. The molecule has 1 N–H and O–H groups in total. The summed E-state index contributed by atoms with van der Waals surface area (Å²) in [6, 6.07) is 16.4. The van der Waals surface area contributed by atoms with Crippen LogP contribution in [-0.4, -0.2) is 18.8 Å². The number of fused-ring (bicyclic) bond motifs is 1. The lowest BCUT2D eigenvalue weighted by Crippen LogP contribution is -2.27. The maximum Gasteiger partial charge on any atom is 0.177 e. The second-order valence-corrected chi connectivity index (χ2v) is 6.36. The molecule has 4 heteroatoms. The van der Waals surface area contributed by atoms with Gasteiger partial charge in [0, 0.05) is 19.1 Å². The number of ether oxygens (including phenoxy) is 1. The van der Waals surface area contributed by atoms with E-state index < -0.39 is 0 Å². The SMILES string of the molecule is COCc1cccc2onc(NCC(C)(C)c3ccccc3)c12. The minimum absolute atomic E-state index is 0.0112. The third kappa shape index (κ3) is 3.22. The lowest BCUT2D eigenvalue weighted by Gasteiger charge is -2.25. The average molecular weight is 310 g/mol. The van der Waals surface area contributed by atoms with Crippen LogP contribution in [0.2, 0.25) is 0 Å². The highest BCUT2D eigenvalue weighted by atomic mass is 16.5. The van der Waals surface area contributed by atoms with Gasteiger partial charge in [0.1, 0.15) is 0 Å². The zero-order chi connectivity index (χ0) is 16.3. The molecule has 0 fully saturated rings. The number of methoxy groups -OCH3 is 1. The van der Waals surface area contributed by atoms with Crippen LogP contribution < -0.4 is 5.32 Å². The Morgan fingerprint density at radius 2 is 1.87 bits per heavy atom. The molecule has 0 spiro atoms. The van der Waals surface area contributed by atoms with Gasteiger partial charge in [0.15, 0.2) is 11.4 Å². The maximum absolute atomic E-state index is 5.44. The molecule has 4 nitrogen and oxygen atoms in total. The molecule has 3 rings (SSSR count). The summed E-state index contributed by atoms with van der Waals surface area (Å²) in [4.78, 5) is 0. The number of anilines is 1. The van der Waals surface area contributed by atoms with Crippen LogP contribution in [0.25, 0.3) is 11.0 Å². The Kier molecular flexibility index (Phi) is 4.35. The molecule has 0 saturated carbocycles. The second kappa shape index (κ2) is 6.42. The van der Waals surface area contributed by atoms with Crippen LogP contribution in [0.4, 0.5) is 5.82 Å². The minimum Gasteiger partial charge on any atom is -0.380 e. The number of nitrogens with zero attached hydrogens (tertiary/aromatic N) is 1. The third-order valence-corrected chi connectivity index (χ3v) is 4.14. The van der Waals surface area contributed by atoms with Gasteiger partial charge in [-0.3, -0.25) is 0 Å². The van der Waals surface area contributed by atoms with Crippen molar-refractivity contribution in [3.05, 3.63) is 59.7 Å². The van der Waals surface area contributed by atoms with Crippen LogP contribution in [0, 0.1) is 0 Å². The zero-order valence-electron chi connectivity index (χ0n) is 13.8. The van der Waals surface area contributed by atoms with E-state index in [-0.39, 0.29) is 5.41 Å². The Bertz CT molecular complexity index is 778. The van der Waals surface area contributed by atoms with Crippen LogP contribution in [0.15, 0.2) is 53.1 Å². The third-order valence-electron chi connectivity index (χ3n) is 4.14. The Labute approximate surface area is 136 Å². The molecular formula is C19H22N2O2. The topological polar surface area (TPSA) is 47.3 Å². The lowest BCUT2D eigenvalue weighted by atomic mass is 9.84. The number of aromatic nitrogens is 1. The van der Waals surface area contributed by atoms with Crippen molar-refractivity contribution >= 4 is 16.8 Å². The molecule has 0 aliphatic rings. The van der Waals surface area contributed by atoms with E-state index in [2.05, 4.69) is 48.6 Å². The van der Waals surface area contributed by atoms with Gasteiger partial charge in [0.05, 0.1) is 12.0 Å². The van der Waals surface area contributed by atoms with Gasteiger partial charge >= 0.3 is 0 Å². The van der Waals surface area contributed by atoms with Gasteiger partial charge in [-0.1, -0.05) is 61.5 Å². The van der Waals surface area contributed by atoms with Crippen molar-refractivity contribution in [1.82, 2.24) is 5.16 Å². The number of hydrogen-bond donors (Lipinski definition) is 1. The predicted molar refractivity (Wildman–Crippen MR) is 92.7 cm³/mol. The summed E-state index contributed by atoms with van der Waals surface area (Å²) < 4.78 is 10.7. The molecule has 0 saturated heterocycles. The summed E-state index contributed by atoms with van der Waals surface area (Å²) in [7, 11) is 1.69. The van der Waals surface area contributed by atoms with Crippen LogP contribution in [0.5, 0.6) is 0 Å². The molecule has 23 heavy (non-hydrogen) atoms. The molecule has 0 unspecified atom stereocenters. The minimum atomic E-state index is -0.0112. The molecule has 0 bridgehead atoms. The van der Waals surface area contributed by atoms with E-state index in [1.807, 2.05) is 24.3 Å². The zero-order valence-corrected chi connectivity index (χ0v) is 13.8. The van der Waals surface area contributed by atoms with Gasteiger partial charge < -0.3 is 14.6 Å². The van der Waals surface area contributed by atoms with E-state index in [9.17, 15) is 0 Å². The fraction of sp³-hybridized carbons (Fsp3) is 0.316. The Balaban J connectivity index is 1.85. The van der Waals surface area contributed by atoms with Crippen molar-refractivity contribution in [2.45, 2.75) is 25.9 Å². The smallest absolute Gasteiger partial charge is 0.177 e. The largest absolute Gasteiger partial charge is 0.380 e. The molecular weight excluding hydrogens is 288 g/mol.